The fourth-order valence-electron chi connectivity index (χ4n) is 1.19. The Morgan fingerprint density at radius 1 is 1.38 bits per heavy atom. The minimum atomic E-state index is -0.734. The van der Waals surface area contributed by atoms with Crippen LogP contribution in [0.4, 0.5) is 9.18 Å². The van der Waals surface area contributed by atoms with Crippen molar-refractivity contribution in [3.63, 3.8) is 0 Å². The Balaban J connectivity index is 2.32. The topological polar surface area (TPSA) is 66.4 Å². The summed E-state index contributed by atoms with van der Waals surface area (Å²) in [5, 5.41) is 10.8. The number of amides is 2. The monoisotopic (exact) mass is 239 g/mol. The molecule has 0 unspecified atom stereocenters. The van der Waals surface area contributed by atoms with Crippen molar-refractivity contribution < 1.29 is 19.1 Å². The van der Waals surface area contributed by atoms with Gasteiger partial charge >= 0.3 is 0 Å². The molecular weight excluding hydrogens is 233 g/mol. The number of hydrogen-bond acceptors (Lipinski definition) is 4. The summed E-state index contributed by atoms with van der Waals surface area (Å²) in [6, 6.07) is 3.67. The maximum Gasteiger partial charge on any atom is 0.290 e. The summed E-state index contributed by atoms with van der Waals surface area (Å²) < 4.78 is 12.7. The number of rotatable bonds is 1. The lowest BCUT2D eigenvalue weighted by Crippen LogP contribution is -2.17. The molecule has 0 aromatic heterocycles. The highest BCUT2D eigenvalue weighted by atomic mass is 32.2. The van der Waals surface area contributed by atoms with E-state index in [2.05, 4.69) is 5.32 Å². The third kappa shape index (κ3) is 2.06. The van der Waals surface area contributed by atoms with Crippen molar-refractivity contribution in [2.24, 2.45) is 0 Å². The number of hydrogen-bond donors (Lipinski definition) is 2. The molecule has 1 aliphatic heterocycles. The molecule has 6 heteroatoms. The molecule has 1 aromatic rings. The first-order chi connectivity index (χ1) is 7.56. The molecule has 1 heterocycles. The average molecular weight is 239 g/mol. The molecule has 0 bridgehead atoms. The molecule has 0 saturated carbocycles. The first kappa shape index (κ1) is 10.7. The predicted molar refractivity (Wildman–Crippen MR) is 57.2 cm³/mol. The highest BCUT2D eigenvalue weighted by molar-refractivity contribution is 8.18. The molecule has 1 aliphatic rings. The van der Waals surface area contributed by atoms with Gasteiger partial charge in [0.25, 0.3) is 11.1 Å². The van der Waals surface area contributed by atoms with Crippen molar-refractivity contribution in [3.05, 3.63) is 34.5 Å². The van der Waals surface area contributed by atoms with Crippen molar-refractivity contribution >= 4 is 29.0 Å². The second kappa shape index (κ2) is 3.97. The summed E-state index contributed by atoms with van der Waals surface area (Å²) >= 11 is 0.765. The van der Waals surface area contributed by atoms with Gasteiger partial charge in [-0.25, -0.2) is 4.39 Å². The fourth-order valence-corrected chi connectivity index (χ4v) is 1.87. The van der Waals surface area contributed by atoms with Crippen molar-refractivity contribution in [2.45, 2.75) is 0 Å². The van der Waals surface area contributed by atoms with Crippen molar-refractivity contribution in [1.82, 2.24) is 5.32 Å². The number of halogens is 1. The number of carbonyl (C=O) groups is 2. The van der Waals surface area contributed by atoms with E-state index in [-0.39, 0.29) is 4.91 Å². The molecule has 0 atom stereocenters. The summed E-state index contributed by atoms with van der Waals surface area (Å²) in [5.41, 5.74) is 0.450. The van der Waals surface area contributed by atoms with Crippen LogP contribution in [0.25, 0.3) is 6.08 Å². The Hall–Kier alpha value is -1.82. The molecule has 2 N–H and O–H groups in total. The van der Waals surface area contributed by atoms with E-state index in [1.54, 1.807) is 0 Å². The lowest BCUT2D eigenvalue weighted by atomic mass is 10.2. The number of phenols is 1. The Morgan fingerprint density at radius 3 is 2.69 bits per heavy atom. The molecule has 1 aromatic carbocycles. The summed E-state index contributed by atoms with van der Waals surface area (Å²) in [7, 11) is 0. The minimum Gasteiger partial charge on any atom is -0.505 e. The van der Waals surface area contributed by atoms with Crippen LogP contribution in [0.15, 0.2) is 23.1 Å². The largest absolute Gasteiger partial charge is 0.505 e. The van der Waals surface area contributed by atoms with Crippen LogP contribution in [0.2, 0.25) is 0 Å². The van der Waals surface area contributed by atoms with Crippen LogP contribution >= 0.6 is 11.8 Å². The lowest BCUT2D eigenvalue weighted by molar-refractivity contribution is -0.115. The quantitative estimate of drug-likeness (QED) is 0.734. The highest BCUT2D eigenvalue weighted by Gasteiger charge is 2.24. The molecule has 0 aliphatic carbocycles. The maximum absolute atomic E-state index is 12.7. The normalized spacial score (nSPS) is 17.9. The second-order valence-electron chi connectivity index (χ2n) is 3.06. The summed E-state index contributed by atoms with van der Waals surface area (Å²) in [6.07, 6.45) is 1.41. The summed E-state index contributed by atoms with van der Waals surface area (Å²) in [4.78, 5) is 22.3. The van der Waals surface area contributed by atoms with Crippen LogP contribution < -0.4 is 5.32 Å². The van der Waals surface area contributed by atoms with E-state index in [1.165, 1.54) is 18.2 Å². The van der Waals surface area contributed by atoms with Gasteiger partial charge in [0.05, 0.1) is 4.91 Å². The predicted octanol–water partition coefficient (Wildman–Crippen LogP) is 1.86. The highest BCUT2D eigenvalue weighted by Crippen LogP contribution is 2.27. The Bertz CT molecular complexity index is 513. The van der Waals surface area contributed by atoms with E-state index in [1.807, 2.05) is 0 Å². The number of nitrogens with one attached hydrogen (secondary N) is 1. The van der Waals surface area contributed by atoms with Gasteiger partial charge in [-0.3, -0.25) is 14.9 Å². The first-order valence-electron chi connectivity index (χ1n) is 4.29. The molecule has 0 radical (unpaired) electrons. The zero-order valence-corrected chi connectivity index (χ0v) is 8.68. The van der Waals surface area contributed by atoms with Crippen LogP contribution in [0, 0.1) is 5.82 Å². The second-order valence-corrected chi connectivity index (χ2v) is 4.08. The molecule has 2 rings (SSSR count). The molecule has 16 heavy (non-hydrogen) atoms. The first-order valence-corrected chi connectivity index (χ1v) is 5.11. The van der Waals surface area contributed by atoms with Crippen LogP contribution in [0.5, 0.6) is 5.75 Å². The van der Waals surface area contributed by atoms with E-state index < -0.39 is 22.7 Å². The molecule has 1 fully saturated rings. The van der Waals surface area contributed by atoms with Gasteiger partial charge in [0, 0.05) is 0 Å². The number of thioether (sulfide) groups is 1. The van der Waals surface area contributed by atoms with Gasteiger partial charge in [-0.05, 0) is 35.5 Å². The van der Waals surface area contributed by atoms with E-state index >= 15 is 0 Å². The van der Waals surface area contributed by atoms with E-state index in [0.29, 0.717) is 5.56 Å². The zero-order chi connectivity index (χ0) is 11.7. The van der Waals surface area contributed by atoms with E-state index in [0.717, 1.165) is 17.8 Å². The van der Waals surface area contributed by atoms with E-state index in [4.69, 9.17) is 5.11 Å². The molecule has 2 amide bonds. The average Bonchev–Trinajstić information content (AvgIpc) is 2.51. The van der Waals surface area contributed by atoms with Gasteiger partial charge < -0.3 is 5.11 Å². The number of benzene rings is 1. The van der Waals surface area contributed by atoms with Gasteiger partial charge in [-0.1, -0.05) is 6.07 Å². The summed E-state index contributed by atoms with van der Waals surface area (Å²) in [5.74, 6) is -1.72. The van der Waals surface area contributed by atoms with Crippen LogP contribution in [-0.2, 0) is 4.79 Å². The van der Waals surface area contributed by atoms with Crippen LogP contribution in [-0.4, -0.2) is 16.3 Å². The van der Waals surface area contributed by atoms with Gasteiger partial charge in [0.2, 0.25) is 0 Å². The Morgan fingerprint density at radius 2 is 2.12 bits per heavy atom. The number of phenolic OH excluding ortho intramolecular Hbond substituents is 1. The Labute approximate surface area is 94.2 Å². The standard InChI is InChI=1S/C10H6FNO3S/c11-6-2-1-5(3-7(6)13)4-8-9(14)12-10(15)16-8/h1-4,13H,(H,12,14,15)/b8-4-. The number of imide groups is 1. The van der Waals surface area contributed by atoms with Crippen molar-refractivity contribution in [1.29, 1.82) is 0 Å². The molecule has 4 nitrogen and oxygen atoms in total. The maximum atomic E-state index is 12.7. The van der Waals surface area contributed by atoms with Gasteiger partial charge in [-0.2, -0.15) is 0 Å². The fraction of sp³-hybridized carbons (Fsp3) is 0. The van der Waals surface area contributed by atoms with Crippen molar-refractivity contribution in [2.75, 3.05) is 0 Å². The van der Waals surface area contributed by atoms with E-state index in [9.17, 15) is 14.0 Å². The number of carbonyl (C=O) groups excluding carboxylic acids is 2. The molecule has 0 spiro atoms. The van der Waals surface area contributed by atoms with Gasteiger partial charge in [0.1, 0.15) is 0 Å². The Kier molecular flexibility index (Phi) is 2.66. The molecular formula is C10H6FNO3S. The third-order valence-electron chi connectivity index (χ3n) is 1.91. The van der Waals surface area contributed by atoms with Gasteiger partial charge in [0.15, 0.2) is 11.6 Å². The van der Waals surface area contributed by atoms with Gasteiger partial charge in [-0.15, -0.1) is 0 Å². The lowest BCUT2D eigenvalue weighted by Gasteiger charge is -1.97. The smallest absolute Gasteiger partial charge is 0.290 e. The van der Waals surface area contributed by atoms with Crippen LogP contribution in [0.3, 0.4) is 0 Å². The zero-order valence-electron chi connectivity index (χ0n) is 7.86. The van der Waals surface area contributed by atoms with Crippen LogP contribution in [0.1, 0.15) is 5.56 Å². The SMILES string of the molecule is O=C1NC(=O)/C(=C/c2ccc(F)c(O)c2)S1. The third-order valence-corrected chi connectivity index (χ3v) is 2.72. The van der Waals surface area contributed by atoms with Crippen molar-refractivity contribution in [3.8, 4) is 5.75 Å². The minimum absolute atomic E-state index is 0.219. The summed E-state index contributed by atoms with van der Waals surface area (Å²) in [6.45, 7) is 0. The molecule has 82 valence electrons. The number of aromatic hydroxyl groups is 1. The molecule has 1 saturated heterocycles.